The maximum absolute atomic E-state index is 11.6. The molecule has 0 unspecified atom stereocenters. The van der Waals surface area contributed by atoms with E-state index in [9.17, 15) is 14.4 Å². The summed E-state index contributed by atoms with van der Waals surface area (Å²) in [5.74, 6) is -2.63. The Labute approximate surface area is 108 Å². The van der Waals surface area contributed by atoms with Gasteiger partial charge in [-0.25, -0.2) is 4.79 Å². The zero-order valence-electron chi connectivity index (χ0n) is 9.90. The highest BCUT2D eigenvalue weighted by molar-refractivity contribution is 6.18. The second-order valence-electron chi connectivity index (χ2n) is 3.98. The third kappa shape index (κ3) is 2.54. The molecule has 4 amide bonds. The Hall–Kier alpha value is -2.83. The SMILES string of the molecule is C=C(Nc1ccccc1N)C1C(=O)NC(=O)NC1=O. The lowest BCUT2D eigenvalue weighted by atomic mass is 10.0. The fourth-order valence-electron chi connectivity index (χ4n) is 1.69. The molecule has 0 atom stereocenters. The van der Waals surface area contributed by atoms with Crippen LogP contribution in [0.3, 0.4) is 0 Å². The molecule has 7 heteroatoms. The molecular weight excluding hydrogens is 248 g/mol. The molecule has 1 aliphatic heterocycles. The van der Waals surface area contributed by atoms with Crippen molar-refractivity contribution in [1.29, 1.82) is 0 Å². The van der Waals surface area contributed by atoms with Gasteiger partial charge in [0, 0.05) is 5.70 Å². The summed E-state index contributed by atoms with van der Waals surface area (Å²) in [5.41, 5.74) is 6.86. The number of imide groups is 2. The Morgan fingerprint density at radius 1 is 1.16 bits per heavy atom. The Morgan fingerprint density at radius 2 is 1.74 bits per heavy atom. The topological polar surface area (TPSA) is 113 Å². The van der Waals surface area contributed by atoms with E-state index in [-0.39, 0.29) is 5.70 Å². The van der Waals surface area contributed by atoms with Gasteiger partial charge in [0.15, 0.2) is 5.92 Å². The van der Waals surface area contributed by atoms with Crippen molar-refractivity contribution in [3.05, 3.63) is 36.5 Å². The predicted molar refractivity (Wildman–Crippen MR) is 68.8 cm³/mol. The first-order valence-electron chi connectivity index (χ1n) is 5.45. The fraction of sp³-hybridized carbons (Fsp3) is 0.0833. The molecule has 1 saturated heterocycles. The van der Waals surface area contributed by atoms with E-state index in [1.165, 1.54) is 0 Å². The van der Waals surface area contributed by atoms with Gasteiger partial charge < -0.3 is 11.1 Å². The third-order valence-corrected chi connectivity index (χ3v) is 2.60. The summed E-state index contributed by atoms with van der Waals surface area (Å²) in [6.07, 6.45) is 0. The van der Waals surface area contributed by atoms with E-state index in [1.807, 2.05) is 10.6 Å². The van der Waals surface area contributed by atoms with Crippen molar-refractivity contribution in [3.63, 3.8) is 0 Å². The molecule has 98 valence electrons. The molecule has 19 heavy (non-hydrogen) atoms. The van der Waals surface area contributed by atoms with Crippen LogP contribution in [-0.2, 0) is 9.59 Å². The van der Waals surface area contributed by atoms with Crippen LogP contribution in [0.1, 0.15) is 0 Å². The highest BCUT2D eigenvalue weighted by Gasteiger charge is 2.36. The number of amides is 4. The number of carbonyl (C=O) groups excluding carboxylic acids is 3. The molecule has 0 aliphatic carbocycles. The Kier molecular flexibility index (Phi) is 3.19. The maximum atomic E-state index is 11.6. The first-order valence-corrected chi connectivity index (χ1v) is 5.45. The molecule has 1 aromatic rings. The number of nitrogen functional groups attached to an aromatic ring is 1. The minimum absolute atomic E-state index is 0.139. The van der Waals surface area contributed by atoms with Gasteiger partial charge in [0.05, 0.1) is 11.4 Å². The van der Waals surface area contributed by atoms with Gasteiger partial charge in [-0.3, -0.25) is 20.2 Å². The second kappa shape index (κ2) is 4.81. The summed E-state index contributed by atoms with van der Waals surface area (Å²) in [6, 6.07) is 6.02. The number of carbonyl (C=O) groups is 3. The third-order valence-electron chi connectivity index (χ3n) is 2.60. The van der Waals surface area contributed by atoms with Gasteiger partial charge in [-0.15, -0.1) is 0 Å². The van der Waals surface area contributed by atoms with Gasteiger partial charge >= 0.3 is 6.03 Å². The average Bonchev–Trinajstić information content (AvgIpc) is 2.30. The number of hydrogen-bond donors (Lipinski definition) is 4. The van der Waals surface area contributed by atoms with Crippen molar-refractivity contribution in [3.8, 4) is 0 Å². The monoisotopic (exact) mass is 260 g/mol. The fourth-order valence-corrected chi connectivity index (χ4v) is 1.69. The van der Waals surface area contributed by atoms with Gasteiger partial charge in [0.2, 0.25) is 11.8 Å². The van der Waals surface area contributed by atoms with Crippen LogP contribution in [0, 0.1) is 5.92 Å². The van der Waals surface area contributed by atoms with Crippen LogP contribution in [-0.4, -0.2) is 17.8 Å². The van der Waals surface area contributed by atoms with E-state index in [2.05, 4.69) is 11.9 Å². The molecular formula is C12H12N4O3. The number of urea groups is 1. The molecule has 1 fully saturated rings. The van der Waals surface area contributed by atoms with Crippen molar-refractivity contribution in [2.75, 3.05) is 11.1 Å². The van der Waals surface area contributed by atoms with Gasteiger partial charge in [-0.2, -0.15) is 0 Å². The molecule has 0 aromatic heterocycles. The van der Waals surface area contributed by atoms with Crippen molar-refractivity contribution in [1.82, 2.24) is 10.6 Å². The summed E-state index contributed by atoms with van der Waals surface area (Å²) in [5, 5.41) is 6.80. The summed E-state index contributed by atoms with van der Waals surface area (Å²) in [6.45, 7) is 3.64. The van der Waals surface area contributed by atoms with E-state index >= 15 is 0 Å². The maximum Gasteiger partial charge on any atom is 0.328 e. The summed E-state index contributed by atoms with van der Waals surface area (Å²) >= 11 is 0. The van der Waals surface area contributed by atoms with E-state index < -0.39 is 23.8 Å². The van der Waals surface area contributed by atoms with Crippen LogP contribution in [0.5, 0.6) is 0 Å². The molecule has 0 spiro atoms. The van der Waals surface area contributed by atoms with Crippen LogP contribution in [0.2, 0.25) is 0 Å². The number of nitrogens with one attached hydrogen (secondary N) is 3. The quantitative estimate of drug-likeness (QED) is 0.457. The zero-order chi connectivity index (χ0) is 14.0. The number of para-hydroxylation sites is 2. The minimum atomic E-state index is -1.18. The largest absolute Gasteiger partial charge is 0.397 e. The lowest BCUT2D eigenvalue weighted by Gasteiger charge is -2.23. The predicted octanol–water partition coefficient (Wildman–Crippen LogP) is 0.177. The van der Waals surface area contributed by atoms with Crippen LogP contribution in [0.4, 0.5) is 16.2 Å². The van der Waals surface area contributed by atoms with E-state index in [4.69, 9.17) is 5.73 Å². The normalized spacial score (nSPS) is 15.7. The minimum Gasteiger partial charge on any atom is -0.397 e. The van der Waals surface area contributed by atoms with E-state index in [0.717, 1.165) is 0 Å². The van der Waals surface area contributed by atoms with E-state index in [1.54, 1.807) is 24.3 Å². The zero-order valence-corrected chi connectivity index (χ0v) is 9.90. The van der Waals surface area contributed by atoms with Gasteiger partial charge in [-0.05, 0) is 12.1 Å². The first-order chi connectivity index (χ1) is 8.99. The van der Waals surface area contributed by atoms with Crippen LogP contribution in [0.25, 0.3) is 0 Å². The van der Waals surface area contributed by atoms with Gasteiger partial charge in [0.25, 0.3) is 0 Å². The van der Waals surface area contributed by atoms with Crippen molar-refractivity contribution in [2.24, 2.45) is 5.92 Å². The molecule has 7 nitrogen and oxygen atoms in total. The smallest absolute Gasteiger partial charge is 0.328 e. The summed E-state index contributed by atoms with van der Waals surface area (Å²) in [7, 11) is 0. The van der Waals surface area contributed by atoms with Gasteiger partial charge in [-0.1, -0.05) is 18.7 Å². The lowest BCUT2D eigenvalue weighted by Crippen LogP contribution is -2.56. The van der Waals surface area contributed by atoms with Crippen LogP contribution in [0.15, 0.2) is 36.5 Å². The molecule has 5 N–H and O–H groups in total. The number of barbiturate groups is 1. The molecule has 1 aromatic carbocycles. The van der Waals surface area contributed by atoms with Crippen molar-refractivity contribution < 1.29 is 14.4 Å². The molecule has 0 saturated carbocycles. The first kappa shape index (κ1) is 12.6. The number of nitrogens with two attached hydrogens (primary N) is 1. The Bertz CT molecular complexity index is 562. The van der Waals surface area contributed by atoms with Crippen LogP contribution >= 0.6 is 0 Å². The summed E-state index contributed by atoms with van der Waals surface area (Å²) < 4.78 is 0. The lowest BCUT2D eigenvalue weighted by molar-refractivity contribution is -0.134. The van der Waals surface area contributed by atoms with Crippen LogP contribution < -0.4 is 21.7 Å². The highest BCUT2D eigenvalue weighted by atomic mass is 16.2. The Morgan fingerprint density at radius 3 is 2.32 bits per heavy atom. The second-order valence-corrected chi connectivity index (χ2v) is 3.98. The van der Waals surface area contributed by atoms with Crippen molar-refractivity contribution >= 4 is 29.2 Å². The number of rotatable bonds is 3. The highest BCUT2D eigenvalue weighted by Crippen LogP contribution is 2.22. The summed E-state index contributed by atoms with van der Waals surface area (Å²) in [4.78, 5) is 34.1. The number of anilines is 2. The molecule has 1 heterocycles. The molecule has 0 radical (unpaired) electrons. The van der Waals surface area contributed by atoms with Crippen molar-refractivity contribution in [2.45, 2.75) is 0 Å². The van der Waals surface area contributed by atoms with Gasteiger partial charge in [0.1, 0.15) is 0 Å². The number of benzene rings is 1. The average molecular weight is 260 g/mol. The van der Waals surface area contributed by atoms with E-state index in [0.29, 0.717) is 11.4 Å². The Balaban J connectivity index is 2.16. The molecule has 0 bridgehead atoms. The number of hydrogen-bond acceptors (Lipinski definition) is 5. The standard InChI is InChI=1S/C12H12N4O3/c1-6(14-8-5-3-2-4-7(8)13)9-10(17)15-12(19)16-11(9)18/h2-5,9,14H,1,13H2,(H2,15,16,17,18,19). The molecule has 2 rings (SSSR count). The molecule has 1 aliphatic rings.